The fourth-order valence-electron chi connectivity index (χ4n) is 1.16. The van der Waals surface area contributed by atoms with E-state index in [-0.39, 0.29) is 17.6 Å². The number of hydrogen-bond acceptors (Lipinski definition) is 1. The summed E-state index contributed by atoms with van der Waals surface area (Å²) in [5.74, 6) is -2.81. The van der Waals surface area contributed by atoms with Gasteiger partial charge in [0.05, 0.1) is 6.54 Å². The van der Waals surface area contributed by atoms with Crippen LogP contribution in [0.4, 0.5) is 8.78 Å². The van der Waals surface area contributed by atoms with E-state index in [2.05, 4.69) is 5.32 Å². The van der Waals surface area contributed by atoms with Crippen molar-refractivity contribution in [1.29, 1.82) is 0 Å². The van der Waals surface area contributed by atoms with E-state index in [1.165, 1.54) is 12.1 Å². The topological polar surface area (TPSA) is 12.0 Å². The molecule has 0 bridgehead atoms. The first-order chi connectivity index (χ1) is 6.81. The second-order valence-corrected chi connectivity index (χ2v) is 4.67. The number of alkyl halides is 2. The first-order valence-corrected chi connectivity index (χ1v) is 5.00. The van der Waals surface area contributed by atoms with Gasteiger partial charge in [0.2, 0.25) is 0 Å². The molecule has 84 valence electrons. The zero-order valence-electron chi connectivity index (χ0n) is 9.35. The molecule has 0 aromatic heterocycles. The van der Waals surface area contributed by atoms with Crippen LogP contribution in [0.5, 0.6) is 0 Å². The van der Waals surface area contributed by atoms with Crippen LogP contribution in [-0.2, 0) is 5.92 Å². The standard InChI is InChI=1S/C12H17F2N/c1-11(2,3)15-9-12(13,14)10-7-5-4-6-8-10/h4-8,15H,9H2,1-3H3. The average molecular weight is 213 g/mol. The van der Waals surface area contributed by atoms with E-state index in [1.807, 2.05) is 20.8 Å². The average Bonchev–Trinajstić information content (AvgIpc) is 2.16. The highest BCUT2D eigenvalue weighted by Crippen LogP contribution is 2.27. The summed E-state index contributed by atoms with van der Waals surface area (Å²) in [6, 6.07) is 7.88. The van der Waals surface area contributed by atoms with Gasteiger partial charge >= 0.3 is 0 Å². The van der Waals surface area contributed by atoms with Crippen molar-refractivity contribution in [2.45, 2.75) is 32.2 Å². The van der Waals surface area contributed by atoms with Crippen LogP contribution in [0.15, 0.2) is 30.3 Å². The Morgan fingerprint density at radius 1 is 1.07 bits per heavy atom. The summed E-state index contributed by atoms with van der Waals surface area (Å²) in [6.45, 7) is 5.27. The van der Waals surface area contributed by atoms with Crippen LogP contribution >= 0.6 is 0 Å². The Bertz CT molecular complexity index is 301. The molecular formula is C12H17F2N. The van der Waals surface area contributed by atoms with Gasteiger partial charge in [-0.3, -0.25) is 0 Å². The van der Waals surface area contributed by atoms with Crippen molar-refractivity contribution in [3.63, 3.8) is 0 Å². The van der Waals surface area contributed by atoms with Gasteiger partial charge in [-0.2, -0.15) is 8.78 Å². The van der Waals surface area contributed by atoms with Crippen molar-refractivity contribution in [1.82, 2.24) is 5.32 Å². The van der Waals surface area contributed by atoms with E-state index >= 15 is 0 Å². The van der Waals surface area contributed by atoms with Gasteiger partial charge in [0.15, 0.2) is 0 Å². The third-order valence-corrected chi connectivity index (χ3v) is 2.04. The van der Waals surface area contributed by atoms with E-state index in [1.54, 1.807) is 18.2 Å². The van der Waals surface area contributed by atoms with Crippen molar-refractivity contribution in [3.8, 4) is 0 Å². The highest BCUT2D eigenvalue weighted by Gasteiger charge is 2.32. The van der Waals surface area contributed by atoms with Gasteiger partial charge in [-0.05, 0) is 20.8 Å². The number of benzene rings is 1. The molecule has 0 saturated heterocycles. The third-order valence-electron chi connectivity index (χ3n) is 2.04. The molecule has 0 aliphatic rings. The van der Waals surface area contributed by atoms with E-state index in [4.69, 9.17) is 0 Å². The smallest absolute Gasteiger partial charge is 0.285 e. The van der Waals surface area contributed by atoms with Gasteiger partial charge in [-0.1, -0.05) is 30.3 Å². The van der Waals surface area contributed by atoms with Gasteiger partial charge in [0, 0.05) is 11.1 Å². The van der Waals surface area contributed by atoms with Crippen molar-refractivity contribution in [2.75, 3.05) is 6.54 Å². The second kappa shape index (κ2) is 4.27. The second-order valence-electron chi connectivity index (χ2n) is 4.67. The summed E-state index contributed by atoms with van der Waals surface area (Å²) < 4.78 is 27.2. The van der Waals surface area contributed by atoms with Crippen LogP contribution in [0.25, 0.3) is 0 Å². The molecule has 1 aromatic carbocycles. The number of hydrogen-bond donors (Lipinski definition) is 1. The molecule has 0 heterocycles. The minimum Gasteiger partial charge on any atom is -0.306 e. The van der Waals surface area contributed by atoms with Crippen LogP contribution < -0.4 is 5.32 Å². The molecule has 1 nitrogen and oxygen atoms in total. The number of rotatable bonds is 3. The fourth-order valence-corrected chi connectivity index (χ4v) is 1.16. The summed E-state index contributed by atoms with van der Waals surface area (Å²) in [5, 5.41) is 2.81. The van der Waals surface area contributed by atoms with Crippen molar-refractivity contribution < 1.29 is 8.78 Å². The normalized spacial score (nSPS) is 12.9. The first kappa shape index (κ1) is 12.1. The van der Waals surface area contributed by atoms with Gasteiger partial charge in [0.25, 0.3) is 5.92 Å². The summed E-state index contributed by atoms with van der Waals surface area (Å²) in [4.78, 5) is 0. The zero-order chi connectivity index (χ0) is 11.5. The minimum atomic E-state index is -2.81. The van der Waals surface area contributed by atoms with Crippen LogP contribution in [0, 0.1) is 0 Å². The summed E-state index contributed by atoms with van der Waals surface area (Å²) in [6.07, 6.45) is 0. The van der Waals surface area contributed by atoms with E-state index < -0.39 is 5.92 Å². The van der Waals surface area contributed by atoms with Crippen LogP contribution in [0.2, 0.25) is 0 Å². The highest BCUT2D eigenvalue weighted by molar-refractivity contribution is 5.20. The Labute approximate surface area is 89.5 Å². The molecule has 1 rings (SSSR count). The lowest BCUT2D eigenvalue weighted by Gasteiger charge is -2.25. The lowest BCUT2D eigenvalue weighted by Crippen LogP contribution is -2.42. The molecule has 0 unspecified atom stereocenters. The molecule has 0 aliphatic heterocycles. The number of halogens is 2. The molecular weight excluding hydrogens is 196 g/mol. The van der Waals surface area contributed by atoms with Crippen LogP contribution in [0.1, 0.15) is 26.3 Å². The van der Waals surface area contributed by atoms with Gasteiger partial charge in [0.1, 0.15) is 0 Å². The molecule has 1 N–H and O–H groups in total. The maximum absolute atomic E-state index is 13.6. The van der Waals surface area contributed by atoms with Gasteiger partial charge in [-0.25, -0.2) is 0 Å². The zero-order valence-corrected chi connectivity index (χ0v) is 9.35. The quantitative estimate of drug-likeness (QED) is 0.813. The molecule has 0 aliphatic carbocycles. The third kappa shape index (κ3) is 3.96. The molecule has 0 fully saturated rings. The summed E-state index contributed by atoms with van der Waals surface area (Å²) in [5.41, 5.74) is -0.236. The Balaban J connectivity index is 2.68. The highest BCUT2D eigenvalue weighted by atomic mass is 19.3. The molecule has 1 aromatic rings. The Morgan fingerprint density at radius 3 is 2.07 bits per heavy atom. The maximum atomic E-state index is 13.6. The predicted molar refractivity (Wildman–Crippen MR) is 58.1 cm³/mol. The van der Waals surface area contributed by atoms with Crippen molar-refractivity contribution in [2.24, 2.45) is 0 Å². The van der Waals surface area contributed by atoms with Gasteiger partial charge < -0.3 is 5.32 Å². The fraction of sp³-hybridized carbons (Fsp3) is 0.500. The maximum Gasteiger partial charge on any atom is 0.285 e. The predicted octanol–water partition coefficient (Wildman–Crippen LogP) is 3.17. The van der Waals surface area contributed by atoms with E-state index in [0.717, 1.165) is 0 Å². The SMILES string of the molecule is CC(C)(C)NCC(F)(F)c1ccccc1. The van der Waals surface area contributed by atoms with Crippen molar-refractivity contribution in [3.05, 3.63) is 35.9 Å². The molecule has 0 atom stereocenters. The largest absolute Gasteiger partial charge is 0.306 e. The number of nitrogens with one attached hydrogen (secondary N) is 1. The van der Waals surface area contributed by atoms with Crippen LogP contribution in [0.3, 0.4) is 0 Å². The first-order valence-electron chi connectivity index (χ1n) is 5.00. The molecule has 0 amide bonds. The molecule has 0 spiro atoms. The lowest BCUT2D eigenvalue weighted by molar-refractivity contribution is -0.00860. The van der Waals surface area contributed by atoms with Gasteiger partial charge in [-0.15, -0.1) is 0 Å². The van der Waals surface area contributed by atoms with E-state index in [0.29, 0.717) is 0 Å². The van der Waals surface area contributed by atoms with E-state index in [9.17, 15) is 8.78 Å². The van der Waals surface area contributed by atoms with Crippen molar-refractivity contribution >= 4 is 0 Å². The molecule has 3 heteroatoms. The Morgan fingerprint density at radius 2 is 1.60 bits per heavy atom. The minimum absolute atomic E-state index is 0.0572. The summed E-state index contributed by atoms with van der Waals surface area (Å²) in [7, 11) is 0. The summed E-state index contributed by atoms with van der Waals surface area (Å²) >= 11 is 0. The monoisotopic (exact) mass is 213 g/mol. The molecule has 15 heavy (non-hydrogen) atoms. The molecule has 0 saturated carbocycles. The lowest BCUT2D eigenvalue weighted by atomic mass is 10.1. The Hall–Kier alpha value is -0.960. The molecule has 0 radical (unpaired) electrons. The van der Waals surface area contributed by atoms with Crippen LogP contribution in [-0.4, -0.2) is 12.1 Å². The Kier molecular flexibility index (Phi) is 3.45.